The fourth-order valence-electron chi connectivity index (χ4n) is 2.44. The van der Waals surface area contributed by atoms with Crippen molar-refractivity contribution in [3.63, 3.8) is 0 Å². The Kier molecular flexibility index (Phi) is 6.11. The molecule has 3 rings (SSSR count). The number of anilines is 1. The van der Waals surface area contributed by atoms with Crippen LogP contribution in [0.4, 0.5) is 11.4 Å². The van der Waals surface area contributed by atoms with Crippen LogP contribution in [0.1, 0.15) is 12.5 Å². The van der Waals surface area contributed by atoms with Crippen molar-refractivity contribution in [3.05, 3.63) is 48.0 Å². The lowest BCUT2D eigenvalue weighted by Gasteiger charge is -2.17. The second kappa shape index (κ2) is 8.51. The van der Waals surface area contributed by atoms with E-state index in [2.05, 4.69) is 16.4 Å². The quantitative estimate of drug-likeness (QED) is 0.805. The molecule has 1 aliphatic heterocycles. The average molecular weight is 389 g/mol. The molecule has 2 aromatic carbocycles. The van der Waals surface area contributed by atoms with Gasteiger partial charge in [0.05, 0.1) is 25.2 Å². The van der Waals surface area contributed by atoms with Crippen molar-refractivity contribution in [1.82, 2.24) is 0 Å². The summed E-state index contributed by atoms with van der Waals surface area (Å²) in [5.74, 6) is 2.00. The number of amides is 1. The van der Waals surface area contributed by atoms with Gasteiger partial charge in [0, 0.05) is 17.5 Å². The summed E-state index contributed by atoms with van der Waals surface area (Å²) in [5.41, 5.74) is 2.88. The maximum atomic E-state index is 12.5. The van der Waals surface area contributed by atoms with E-state index in [0.29, 0.717) is 17.2 Å². The monoisotopic (exact) mass is 388 g/mol. The Morgan fingerprint density at radius 1 is 1.19 bits per heavy atom. The zero-order valence-corrected chi connectivity index (χ0v) is 16.4. The highest BCUT2D eigenvalue weighted by Crippen LogP contribution is 2.36. The third-order valence-electron chi connectivity index (χ3n) is 3.85. The van der Waals surface area contributed by atoms with Gasteiger partial charge in [-0.15, -0.1) is 0 Å². The van der Waals surface area contributed by atoms with Crippen molar-refractivity contribution in [2.75, 3.05) is 19.5 Å². The van der Waals surface area contributed by atoms with Crippen LogP contribution >= 0.6 is 23.5 Å². The first kappa shape index (κ1) is 18.7. The van der Waals surface area contributed by atoms with Gasteiger partial charge in [0.25, 0.3) is 0 Å². The Bertz CT molecular complexity index is 839. The number of ether oxygens (including phenoxy) is 2. The molecule has 7 heteroatoms. The number of nitrogens with zero attached hydrogens (tertiary/aromatic N) is 1. The molecule has 1 heterocycles. The molecule has 1 N–H and O–H groups in total. The summed E-state index contributed by atoms with van der Waals surface area (Å²) in [6.45, 7) is 1.88. The Hall–Kier alpha value is -2.12. The summed E-state index contributed by atoms with van der Waals surface area (Å²) in [4.78, 5) is 17.2. The maximum absolute atomic E-state index is 12.5. The standard InChI is InChI=1S/C19H20N2O3S2/c1-12(26-19-21-15-7-5-4-6-13(15)11-25-19)18(22)20-14-8-9-16(23-2)17(10-14)24-3/h4-10,12H,11H2,1-3H3,(H,20,22)/t12-/m1/s1. The minimum atomic E-state index is -0.264. The van der Waals surface area contributed by atoms with Crippen LogP contribution in [0.2, 0.25) is 0 Å². The van der Waals surface area contributed by atoms with Crippen LogP contribution in [0.15, 0.2) is 47.5 Å². The topological polar surface area (TPSA) is 59.9 Å². The molecule has 1 aliphatic rings. The van der Waals surface area contributed by atoms with E-state index in [1.165, 1.54) is 17.3 Å². The predicted octanol–water partition coefficient (Wildman–Crippen LogP) is 4.70. The van der Waals surface area contributed by atoms with Crippen molar-refractivity contribution in [2.24, 2.45) is 4.99 Å². The number of hydrogen-bond acceptors (Lipinski definition) is 6. The normalized spacial score (nSPS) is 14.0. The summed E-state index contributed by atoms with van der Waals surface area (Å²) >= 11 is 3.14. The van der Waals surface area contributed by atoms with Crippen LogP contribution in [0, 0.1) is 0 Å². The third kappa shape index (κ3) is 4.34. The number of para-hydroxylation sites is 1. The highest BCUT2D eigenvalue weighted by atomic mass is 32.2. The van der Waals surface area contributed by atoms with Crippen molar-refractivity contribution >= 4 is 45.2 Å². The number of carbonyl (C=O) groups excluding carboxylic acids is 1. The number of thioether (sulfide) groups is 2. The molecule has 0 saturated heterocycles. The van der Waals surface area contributed by atoms with Gasteiger partial charge in [-0.1, -0.05) is 41.7 Å². The molecular weight excluding hydrogens is 368 g/mol. The Morgan fingerprint density at radius 3 is 2.73 bits per heavy atom. The third-order valence-corrected chi connectivity index (χ3v) is 6.15. The molecule has 2 aromatic rings. The van der Waals surface area contributed by atoms with Crippen molar-refractivity contribution in [3.8, 4) is 11.5 Å². The molecule has 1 amide bonds. The fourth-order valence-corrected chi connectivity index (χ4v) is 4.62. The zero-order valence-electron chi connectivity index (χ0n) is 14.8. The minimum absolute atomic E-state index is 0.0793. The molecule has 136 valence electrons. The summed E-state index contributed by atoms with van der Waals surface area (Å²) < 4.78 is 11.4. The van der Waals surface area contributed by atoms with Gasteiger partial charge in [0.15, 0.2) is 11.5 Å². The number of aliphatic imine (C=N–C) groups is 1. The van der Waals surface area contributed by atoms with Crippen molar-refractivity contribution in [2.45, 2.75) is 17.9 Å². The van der Waals surface area contributed by atoms with Crippen LogP contribution in [0.3, 0.4) is 0 Å². The minimum Gasteiger partial charge on any atom is -0.493 e. The van der Waals surface area contributed by atoms with E-state index in [1.54, 1.807) is 44.2 Å². The van der Waals surface area contributed by atoms with Gasteiger partial charge in [-0.2, -0.15) is 0 Å². The second-order valence-corrected chi connectivity index (χ2v) is 8.17. The lowest BCUT2D eigenvalue weighted by molar-refractivity contribution is -0.115. The smallest absolute Gasteiger partial charge is 0.237 e. The number of hydrogen-bond donors (Lipinski definition) is 1. The van der Waals surface area contributed by atoms with Gasteiger partial charge in [0.1, 0.15) is 4.38 Å². The van der Waals surface area contributed by atoms with Gasteiger partial charge < -0.3 is 14.8 Å². The van der Waals surface area contributed by atoms with Crippen LogP contribution in [0.5, 0.6) is 11.5 Å². The van der Waals surface area contributed by atoms with E-state index in [0.717, 1.165) is 15.8 Å². The van der Waals surface area contributed by atoms with Gasteiger partial charge >= 0.3 is 0 Å². The van der Waals surface area contributed by atoms with Crippen LogP contribution < -0.4 is 14.8 Å². The molecule has 0 bridgehead atoms. The number of benzene rings is 2. The number of carbonyl (C=O) groups is 1. The number of rotatable bonds is 5. The average Bonchev–Trinajstić information content (AvgIpc) is 2.67. The molecule has 0 saturated carbocycles. The molecular formula is C19H20N2O3S2. The van der Waals surface area contributed by atoms with Crippen LogP contribution in [-0.4, -0.2) is 29.8 Å². The van der Waals surface area contributed by atoms with Crippen molar-refractivity contribution in [1.29, 1.82) is 0 Å². The lowest BCUT2D eigenvalue weighted by Crippen LogP contribution is -2.23. The second-order valence-electron chi connectivity index (χ2n) is 5.61. The van der Waals surface area contributed by atoms with Gasteiger partial charge in [-0.25, -0.2) is 4.99 Å². The van der Waals surface area contributed by atoms with E-state index < -0.39 is 0 Å². The Morgan fingerprint density at radius 2 is 1.96 bits per heavy atom. The van der Waals surface area contributed by atoms with Crippen LogP contribution in [-0.2, 0) is 10.5 Å². The number of fused-ring (bicyclic) bond motifs is 1. The molecule has 1 atom stereocenters. The van der Waals surface area contributed by atoms with Crippen molar-refractivity contribution < 1.29 is 14.3 Å². The molecule has 0 unspecified atom stereocenters. The van der Waals surface area contributed by atoms with E-state index in [9.17, 15) is 4.79 Å². The van der Waals surface area contributed by atoms with Crippen LogP contribution in [0.25, 0.3) is 0 Å². The fraction of sp³-hybridized carbons (Fsp3) is 0.263. The summed E-state index contributed by atoms with van der Waals surface area (Å²) in [6, 6.07) is 13.4. The molecule has 0 spiro atoms. The van der Waals surface area contributed by atoms with Gasteiger partial charge in [-0.05, 0) is 30.7 Å². The largest absolute Gasteiger partial charge is 0.493 e. The summed E-state index contributed by atoms with van der Waals surface area (Å²) in [5, 5.41) is 2.65. The molecule has 26 heavy (non-hydrogen) atoms. The predicted molar refractivity (Wildman–Crippen MR) is 110 cm³/mol. The molecule has 5 nitrogen and oxygen atoms in total. The number of nitrogens with one attached hydrogen (secondary N) is 1. The highest BCUT2D eigenvalue weighted by Gasteiger charge is 2.20. The van der Waals surface area contributed by atoms with Gasteiger partial charge in [-0.3, -0.25) is 4.79 Å². The summed E-state index contributed by atoms with van der Waals surface area (Å²) in [6.07, 6.45) is 0. The first-order valence-electron chi connectivity index (χ1n) is 8.09. The molecule has 0 aromatic heterocycles. The Labute approximate surface area is 161 Å². The van der Waals surface area contributed by atoms with Gasteiger partial charge in [0.2, 0.25) is 5.91 Å². The zero-order chi connectivity index (χ0) is 18.5. The first-order valence-corrected chi connectivity index (χ1v) is 9.96. The maximum Gasteiger partial charge on any atom is 0.237 e. The highest BCUT2D eigenvalue weighted by molar-refractivity contribution is 8.39. The SMILES string of the molecule is COc1ccc(NC(=O)[C@@H](C)SC2=Nc3ccccc3CS2)cc1OC. The van der Waals surface area contributed by atoms with E-state index in [4.69, 9.17) is 9.47 Å². The molecule has 0 radical (unpaired) electrons. The van der Waals surface area contributed by atoms with E-state index in [1.807, 2.05) is 25.1 Å². The summed E-state index contributed by atoms with van der Waals surface area (Å²) in [7, 11) is 3.15. The van der Waals surface area contributed by atoms with E-state index in [-0.39, 0.29) is 11.2 Å². The number of methoxy groups -OCH3 is 2. The molecule has 0 fully saturated rings. The molecule has 0 aliphatic carbocycles. The van der Waals surface area contributed by atoms with E-state index >= 15 is 0 Å². The Balaban J connectivity index is 1.65. The lowest BCUT2D eigenvalue weighted by atomic mass is 10.2. The first-order chi connectivity index (χ1) is 12.6.